The van der Waals surface area contributed by atoms with Crippen LogP contribution >= 0.6 is 0 Å². The van der Waals surface area contributed by atoms with Crippen molar-refractivity contribution in [3.05, 3.63) is 106 Å². The number of hydrogen-bond acceptors (Lipinski definition) is 7. The molecule has 3 N–H and O–H groups in total. The molecule has 3 aromatic rings. The number of carbonyl (C=O) groups is 2. The number of nitrogens with one attached hydrogen (secondary N) is 2. The third kappa shape index (κ3) is 5.14. The molecule has 0 aromatic heterocycles. The van der Waals surface area contributed by atoms with Crippen molar-refractivity contribution in [3.8, 4) is 5.75 Å². The molecule has 1 heterocycles. The Bertz CT molecular complexity index is 1300. The zero-order chi connectivity index (χ0) is 24.1. The van der Waals surface area contributed by atoms with Crippen LogP contribution in [0.25, 0.3) is 6.08 Å². The highest BCUT2D eigenvalue weighted by Gasteiger charge is 2.31. The molecule has 1 aliphatic rings. The average Bonchev–Trinajstić information content (AvgIpc) is 3.13. The number of aromatic hydroxyl groups is 1. The van der Waals surface area contributed by atoms with Gasteiger partial charge in [-0.05, 0) is 35.9 Å². The summed E-state index contributed by atoms with van der Waals surface area (Å²) in [6, 6.07) is 20.8. The Morgan fingerprint density at radius 2 is 1.79 bits per heavy atom. The van der Waals surface area contributed by atoms with Gasteiger partial charge in [0, 0.05) is 23.4 Å². The molecule has 0 radical (unpaired) electrons. The zero-order valence-electron chi connectivity index (χ0n) is 17.7. The first-order valence-corrected chi connectivity index (χ1v) is 10.2. The minimum absolute atomic E-state index is 0.0601. The highest BCUT2D eigenvalue weighted by Crippen LogP contribution is 2.22. The van der Waals surface area contributed by atoms with Gasteiger partial charge in [0.15, 0.2) is 5.84 Å². The molecule has 34 heavy (non-hydrogen) atoms. The number of phenols is 1. The van der Waals surface area contributed by atoms with E-state index in [4.69, 9.17) is 0 Å². The number of non-ortho nitro benzene ring substituents is 1. The maximum absolute atomic E-state index is 13.1. The van der Waals surface area contributed by atoms with Gasteiger partial charge in [-0.3, -0.25) is 19.7 Å². The standard InChI is InChI=1S/C24H19N5O5/c30-20-8-4-5-16(13-20)14-21-24(32)28(23(27-21)17-6-2-1-3-7-17)25-15-22(31)26-18-9-11-19(12-10-18)29(33)34/h1-14,25,30H,15H2,(H,26,31)/b21-14-. The summed E-state index contributed by atoms with van der Waals surface area (Å²) in [5.74, 6) is -0.546. The van der Waals surface area contributed by atoms with Crippen LogP contribution in [0.3, 0.4) is 0 Å². The minimum atomic E-state index is -0.529. The van der Waals surface area contributed by atoms with Crippen LogP contribution in [0.4, 0.5) is 11.4 Å². The van der Waals surface area contributed by atoms with Gasteiger partial charge in [-0.1, -0.05) is 42.5 Å². The summed E-state index contributed by atoms with van der Waals surface area (Å²) in [6.45, 7) is -0.256. The number of aliphatic imine (C=N–C) groups is 1. The number of phenolic OH excluding ortho intramolecular Hbond substituents is 1. The number of anilines is 1. The first kappa shape index (κ1) is 22.4. The van der Waals surface area contributed by atoms with Gasteiger partial charge in [-0.25, -0.2) is 15.4 Å². The SMILES string of the molecule is O=C(CNN1C(=O)/C(=C/c2cccc(O)c2)N=C1c1ccccc1)Nc1ccc([N+](=O)[O-])cc1. The Hall–Kier alpha value is -4.83. The molecule has 0 saturated heterocycles. The van der Waals surface area contributed by atoms with E-state index in [2.05, 4.69) is 15.7 Å². The second-order valence-corrected chi connectivity index (χ2v) is 7.25. The molecular formula is C24H19N5O5. The molecule has 10 nitrogen and oxygen atoms in total. The van der Waals surface area contributed by atoms with Gasteiger partial charge >= 0.3 is 0 Å². The number of hydrazine groups is 1. The van der Waals surface area contributed by atoms with Crippen LogP contribution in [0.1, 0.15) is 11.1 Å². The normalized spacial score (nSPS) is 14.2. The van der Waals surface area contributed by atoms with Crippen LogP contribution in [0, 0.1) is 10.1 Å². The molecule has 4 rings (SSSR count). The summed E-state index contributed by atoms with van der Waals surface area (Å²) >= 11 is 0. The molecule has 0 fully saturated rings. The molecule has 0 atom stereocenters. The summed E-state index contributed by atoms with van der Waals surface area (Å²) in [7, 11) is 0. The Morgan fingerprint density at radius 3 is 2.47 bits per heavy atom. The molecule has 2 amide bonds. The van der Waals surface area contributed by atoms with E-state index in [-0.39, 0.29) is 23.7 Å². The van der Waals surface area contributed by atoms with Crippen LogP contribution in [0.2, 0.25) is 0 Å². The fourth-order valence-electron chi connectivity index (χ4n) is 3.24. The molecule has 3 aromatic carbocycles. The quantitative estimate of drug-likeness (QED) is 0.283. The molecule has 0 unspecified atom stereocenters. The second-order valence-electron chi connectivity index (χ2n) is 7.25. The highest BCUT2D eigenvalue weighted by atomic mass is 16.6. The Labute approximate surface area is 194 Å². The Morgan fingerprint density at radius 1 is 1.06 bits per heavy atom. The van der Waals surface area contributed by atoms with E-state index in [0.29, 0.717) is 22.6 Å². The van der Waals surface area contributed by atoms with Gasteiger partial charge in [-0.2, -0.15) is 0 Å². The smallest absolute Gasteiger partial charge is 0.292 e. The lowest BCUT2D eigenvalue weighted by Gasteiger charge is -2.19. The van der Waals surface area contributed by atoms with E-state index < -0.39 is 16.7 Å². The maximum atomic E-state index is 13.1. The molecule has 1 aliphatic heterocycles. The molecular weight excluding hydrogens is 438 g/mol. The number of nitrogens with zero attached hydrogens (tertiary/aromatic N) is 3. The van der Waals surface area contributed by atoms with E-state index in [1.807, 2.05) is 6.07 Å². The predicted octanol–water partition coefficient (Wildman–Crippen LogP) is 3.07. The highest BCUT2D eigenvalue weighted by molar-refractivity contribution is 6.19. The van der Waals surface area contributed by atoms with E-state index in [9.17, 15) is 24.8 Å². The average molecular weight is 457 g/mol. The number of nitro groups is 1. The van der Waals surface area contributed by atoms with E-state index in [1.165, 1.54) is 41.4 Å². The van der Waals surface area contributed by atoms with Crippen LogP contribution in [-0.4, -0.2) is 39.2 Å². The summed E-state index contributed by atoms with van der Waals surface area (Å²) in [5.41, 5.74) is 4.48. The Balaban J connectivity index is 1.51. The summed E-state index contributed by atoms with van der Waals surface area (Å²) in [6.07, 6.45) is 1.55. The molecule has 0 saturated carbocycles. The van der Waals surface area contributed by atoms with Crippen LogP contribution in [-0.2, 0) is 9.59 Å². The van der Waals surface area contributed by atoms with Crippen LogP contribution in [0.5, 0.6) is 5.75 Å². The monoisotopic (exact) mass is 457 g/mol. The molecule has 10 heteroatoms. The van der Waals surface area contributed by atoms with Crippen molar-refractivity contribution in [2.75, 3.05) is 11.9 Å². The summed E-state index contributed by atoms with van der Waals surface area (Å²) < 4.78 is 0. The molecule has 0 aliphatic carbocycles. The maximum Gasteiger partial charge on any atom is 0.292 e. The number of rotatable bonds is 7. The largest absolute Gasteiger partial charge is 0.508 e. The number of benzene rings is 3. The van der Waals surface area contributed by atoms with Crippen LogP contribution < -0.4 is 10.7 Å². The first-order chi connectivity index (χ1) is 16.4. The number of nitro benzene ring substituents is 1. The lowest BCUT2D eigenvalue weighted by atomic mass is 10.2. The fourth-order valence-corrected chi connectivity index (χ4v) is 3.24. The zero-order valence-corrected chi connectivity index (χ0v) is 17.7. The van der Waals surface area contributed by atoms with Crippen molar-refractivity contribution in [2.24, 2.45) is 4.99 Å². The van der Waals surface area contributed by atoms with Crippen LogP contribution in [0.15, 0.2) is 89.6 Å². The van der Waals surface area contributed by atoms with E-state index >= 15 is 0 Å². The van der Waals surface area contributed by atoms with Crippen molar-refractivity contribution in [2.45, 2.75) is 0 Å². The van der Waals surface area contributed by atoms with E-state index in [1.54, 1.807) is 42.5 Å². The number of amidine groups is 1. The molecule has 170 valence electrons. The summed E-state index contributed by atoms with van der Waals surface area (Å²) in [5, 5.41) is 24.3. The van der Waals surface area contributed by atoms with Gasteiger partial charge in [0.05, 0.1) is 11.5 Å². The van der Waals surface area contributed by atoms with Gasteiger partial charge < -0.3 is 10.4 Å². The van der Waals surface area contributed by atoms with Gasteiger partial charge in [0.1, 0.15) is 11.4 Å². The van der Waals surface area contributed by atoms with Crippen molar-refractivity contribution in [3.63, 3.8) is 0 Å². The van der Waals surface area contributed by atoms with Crippen molar-refractivity contribution < 1.29 is 19.6 Å². The second kappa shape index (κ2) is 9.76. The topological polar surface area (TPSA) is 137 Å². The fraction of sp³-hybridized carbons (Fsp3) is 0.0417. The predicted molar refractivity (Wildman–Crippen MR) is 126 cm³/mol. The van der Waals surface area contributed by atoms with Gasteiger partial charge in [-0.15, -0.1) is 0 Å². The Kier molecular flexibility index (Phi) is 6.42. The van der Waals surface area contributed by atoms with Gasteiger partial charge in [0.25, 0.3) is 11.6 Å². The van der Waals surface area contributed by atoms with Gasteiger partial charge in [0.2, 0.25) is 5.91 Å². The lowest BCUT2D eigenvalue weighted by molar-refractivity contribution is -0.384. The van der Waals surface area contributed by atoms with Crippen molar-refractivity contribution >= 4 is 35.1 Å². The minimum Gasteiger partial charge on any atom is -0.508 e. The lowest BCUT2D eigenvalue weighted by Crippen LogP contribution is -2.47. The summed E-state index contributed by atoms with van der Waals surface area (Å²) in [4.78, 5) is 40.2. The van der Waals surface area contributed by atoms with E-state index in [0.717, 1.165) is 0 Å². The third-order valence-corrected chi connectivity index (χ3v) is 4.83. The number of hydrogen-bond donors (Lipinski definition) is 3. The number of amides is 2. The number of carbonyl (C=O) groups excluding carboxylic acids is 2. The van der Waals surface area contributed by atoms with Crippen molar-refractivity contribution in [1.29, 1.82) is 0 Å². The molecule has 0 bridgehead atoms. The first-order valence-electron chi connectivity index (χ1n) is 10.2. The van der Waals surface area contributed by atoms with Crippen molar-refractivity contribution in [1.82, 2.24) is 10.4 Å². The third-order valence-electron chi connectivity index (χ3n) is 4.83. The molecule has 0 spiro atoms.